The average molecular weight is 192 g/mol. The number of carbonyl (C=O) groups is 1. The van der Waals surface area contributed by atoms with E-state index in [0.717, 1.165) is 5.56 Å². The Morgan fingerprint density at radius 1 is 1.29 bits per heavy atom. The molecule has 0 spiro atoms. The summed E-state index contributed by atoms with van der Waals surface area (Å²) in [6.07, 6.45) is 2.58. The Morgan fingerprint density at radius 2 is 2.00 bits per heavy atom. The van der Waals surface area contributed by atoms with E-state index in [0.29, 0.717) is 6.61 Å². The normalized spacial score (nSPS) is 10.1. The monoisotopic (exact) mass is 192 g/mol. The van der Waals surface area contributed by atoms with Gasteiger partial charge in [-0.2, -0.15) is 0 Å². The molecule has 3 nitrogen and oxygen atoms in total. The maximum atomic E-state index is 10.3. The lowest BCUT2D eigenvalue weighted by Crippen LogP contribution is -1.90. The summed E-state index contributed by atoms with van der Waals surface area (Å²) in [4.78, 5) is 10.3. The van der Waals surface area contributed by atoms with Crippen molar-refractivity contribution in [3.63, 3.8) is 0 Å². The van der Waals surface area contributed by atoms with Crippen LogP contribution in [0.2, 0.25) is 0 Å². The van der Waals surface area contributed by atoms with E-state index >= 15 is 0 Å². The molecule has 0 aliphatic rings. The van der Waals surface area contributed by atoms with E-state index in [9.17, 15) is 4.79 Å². The Labute approximate surface area is 83.0 Å². The maximum absolute atomic E-state index is 10.3. The van der Waals surface area contributed by atoms with Gasteiger partial charge in [-0.05, 0) is 5.56 Å². The minimum atomic E-state index is -0.357. The molecule has 0 saturated carbocycles. The molecule has 0 unspecified atom stereocenters. The van der Waals surface area contributed by atoms with Crippen molar-refractivity contribution in [2.75, 3.05) is 0 Å². The van der Waals surface area contributed by atoms with Gasteiger partial charge in [0.05, 0.1) is 0 Å². The predicted octanol–water partition coefficient (Wildman–Crippen LogP) is 2.24. The third kappa shape index (κ3) is 4.30. The SMILES string of the molecule is CC(=O)O/C=C/OCc1ccccc1. The highest BCUT2D eigenvalue weighted by atomic mass is 16.5. The number of esters is 1. The van der Waals surface area contributed by atoms with Crippen molar-refractivity contribution in [3.8, 4) is 0 Å². The van der Waals surface area contributed by atoms with Crippen molar-refractivity contribution in [1.29, 1.82) is 0 Å². The summed E-state index contributed by atoms with van der Waals surface area (Å²) in [5.74, 6) is -0.357. The summed E-state index contributed by atoms with van der Waals surface area (Å²) in [5.41, 5.74) is 1.07. The van der Waals surface area contributed by atoms with E-state index in [4.69, 9.17) is 4.74 Å². The van der Waals surface area contributed by atoms with Gasteiger partial charge in [0.25, 0.3) is 0 Å². The summed E-state index contributed by atoms with van der Waals surface area (Å²) >= 11 is 0. The lowest BCUT2D eigenvalue weighted by molar-refractivity contribution is -0.135. The second kappa shape index (κ2) is 5.80. The van der Waals surface area contributed by atoms with Gasteiger partial charge in [-0.1, -0.05) is 30.3 Å². The van der Waals surface area contributed by atoms with Crippen molar-refractivity contribution in [3.05, 3.63) is 48.4 Å². The summed E-state index contributed by atoms with van der Waals surface area (Å²) in [6, 6.07) is 9.74. The number of benzene rings is 1. The first-order valence-corrected chi connectivity index (χ1v) is 4.27. The molecule has 0 N–H and O–H groups in total. The van der Waals surface area contributed by atoms with Gasteiger partial charge in [-0.15, -0.1) is 0 Å². The average Bonchev–Trinajstić information content (AvgIpc) is 2.18. The quantitative estimate of drug-likeness (QED) is 0.542. The number of hydrogen-bond donors (Lipinski definition) is 0. The topological polar surface area (TPSA) is 35.5 Å². The summed E-state index contributed by atoms with van der Waals surface area (Å²) in [6.45, 7) is 1.81. The van der Waals surface area contributed by atoms with Gasteiger partial charge < -0.3 is 9.47 Å². The summed E-state index contributed by atoms with van der Waals surface area (Å²) in [5, 5.41) is 0. The van der Waals surface area contributed by atoms with Gasteiger partial charge >= 0.3 is 5.97 Å². The number of carbonyl (C=O) groups excluding carboxylic acids is 1. The van der Waals surface area contributed by atoms with Crippen molar-refractivity contribution < 1.29 is 14.3 Å². The largest absolute Gasteiger partial charge is 0.493 e. The Balaban J connectivity index is 2.22. The van der Waals surface area contributed by atoms with Crippen molar-refractivity contribution in [2.24, 2.45) is 0 Å². The molecule has 1 aromatic carbocycles. The van der Waals surface area contributed by atoms with E-state index in [1.807, 2.05) is 30.3 Å². The zero-order valence-electron chi connectivity index (χ0n) is 7.97. The molecule has 0 fully saturated rings. The van der Waals surface area contributed by atoms with E-state index in [1.54, 1.807) is 0 Å². The van der Waals surface area contributed by atoms with E-state index in [2.05, 4.69) is 4.74 Å². The number of ether oxygens (including phenoxy) is 2. The molecule has 0 aliphatic carbocycles. The van der Waals surface area contributed by atoms with Crippen molar-refractivity contribution in [2.45, 2.75) is 13.5 Å². The highest BCUT2D eigenvalue weighted by molar-refractivity contribution is 5.66. The van der Waals surface area contributed by atoms with E-state index in [-0.39, 0.29) is 5.97 Å². The molecule has 0 heterocycles. The predicted molar refractivity (Wildman–Crippen MR) is 52.1 cm³/mol. The van der Waals surface area contributed by atoms with Gasteiger partial charge in [0.2, 0.25) is 0 Å². The van der Waals surface area contributed by atoms with Crippen LogP contribution in [0, 0.1) is 0 Å². The summed E-state index contributed by atoms with van der Waals surface area (Å²) < 4.78 is 9.65. The van der Waals surface area contributed by atoms with Gasteiger partial charge in [0, 0.05) is 6.92 Å². The molecule has 1 aromatic rings. The summed E-state index contributed by atoms with van der Waals surface area (Å²) in [7, 11) is 0. The van der Waals surface area contributed by atoms with Gasteiger partial charge in [0.1, 0.15) is 19.1 Å². The van der Waals surface area contributed by atoms with Crippen LogP contribution in [0.15, 0.2) is 42.9 Å². The molecular weight excluding hydrogens is 180 g/mol. The lowest BCUT2D eigenvalue weighted by Gasteiger charge is -1.99. The number of hydrogen-bond acceptors (Lipinski definition) is 3. The Bertz CT molecular complexity index is 304. The molecule has 0 radical (unpaired) electrons. The van der Waals surface area contributed by atoms with Crippen molar-refractivity contribution >= 4 is 5.97 Å². The minimum absolute atomic E-state index is 0.357. The third-order valence-electron chi connectivity index (χ3n) is 1.48. The van der Waals surface area contributed by atoms with Crippen LogP contribution in [0.4, 0.5) is 0 Å². The molecule has 1 rings (SSSR count). The fourth-order valence-electron chi connectivity index (χ4n) is 0.881. The van der Waals surface area contributed by atoms with Crippen LogP contribution in [0.25, 0.3) is 0 Å². The lowest BCUT2D eigenvalue weighted by atomic mass is 10.2. The Hall–Kier alpha value is -1.77. The molecule has 0 atom stereocenters. The van der Waals surface area contributed by atoms with Gasteiger partial charge in [-0.3, -0.25) is 4.79 Å². The third-order valence-corrected chi connectivity index (χ3v) is 1.48. The van der Waals surface area contributed by atoms with Crippen LogP contribution >= 0.6 is 0 Å². The highest BCUT2D eigenvalue weighted by Crippen LogP contribution is 2.00. The smallest absolute Gasteiger partial charge is 0.307 e. The first-order valence-electron chi connectivity index (χ1n) is 4.27. The molecule has 0 aliphatic heterocycles. The molecule has 0 amide bonds. The molecule has 14 heavy (non-hydrogen) atoms. The van der Waals surface area contributed by atoms with Crippen LogP contribution in [0.3, 0.4) is 0 Å². The number of rotatable bonds is 4. The zero-order chi connectivity index (χ0) is 10.2. The van der Waals surface area contributed by atoms with Crippen LogP contribution < -0.4 is 0 Å². The fourth-order valence-corrected chi connectivity index (χ4v) is 0.881. The standard InChI is InChI=1S/C11H12O3/c1-10(12)14-8-7-13-9-11-5-3-2-4-6-11/h2-8H,9H2,1H3/b8-7+. The molecule has 0 aromatic heterocycles. The Morgan fingerprint density at radius 3 is 2.64 bits per heavy atom. The second-order valence-electron chi connectivity index (χ2n) is 2.68. The van der Waals surface area contributed by atoms with Crippen LogP contribution in [-0.2, 0) is 20.9 Å². The molecular formula is C11H12O3. The molecule has 0 saturated heterocycles. The van der Waals surface area contributed by atoms with Crippen LogP contribution in [0.5, 0.6) is 0 Å². The first kappa shape index (κ1) is 10.3. The first-order chi connectivity index (χ1) is 6.79. The minimum Gasteiger partial charge on any atom is -0.493 e. The highest BCUT2D eigenvalue weighted by Gasteiger charge is 1.88. The molecule has 74 valence electrons. The maximum Gasteiger partial charge on any atom is 0.307 e. The molecule has 0 bridgehead atoms. The fraction of sp³-hybridized carbons (Fsp3) is 0.182. The Kier molecular flexibility index (Phi) is 4.27. The van der Waals surface area contributed by atoms with E-state index < -0.39 is 0 Å². The zero-order valence-corrected chi connectivity index (χ0v) is 7.97. The van der Waals surface area contributed by atoms with Crippen LogP contribution in [-0.4, -0.2) is 5.97 Å². The second-order valence-corrected chi connectivity index (χ2v) is 2.68. The van der Waals surface area contributed by atoms with Gasteiger partial charge in [-0.25, -0.2) is 0 Å². The van der Waals surface area contributed by atoms with Gasteiger partial charge in [0.15, 0.2) is 0 Å². The van der Waals surface area contributed by atoms with E-state index in [1.165, 1.54) is 19.4 Å². The van der Waals surface area contributed by atoms with Crippen LogP contribution in [0.1, 0.15) is 12.5 Å². The van der Waals surface area contributed by atoms with Crippen molar-refractivity contribution in [1.82, 2.24) is 0 Å². The molecule has 3 heteroatoms.